The third-order valence-corrected chi connectivity index (χ3v) is 6.86. The molecule has 1 aliphatic heterocycles. The normalized spacial score (nSPS) is 16.0. The van der Waals surface area contributed by atoms with Crippen LogP contribution in [0.2, 0.25) is 0 Å². The molecule has 1 N–H and O–H groups in total. The molecular formula is C24H21BrN2O2S. The van der Waals surface area contributed by atoms with Gasteiger partial charge in [-0.05, 0) is 73.0 Å². The largest absolute Gasteiger partial charge is 0.322 e. The number of halogens is 1. The number of carbonyl (C=O) groups excluding carboxylic acids is 2. The average Bonchev–Trinajstić information content (AvgIpc) is 3.12. The lowest BCUT2D eigenvalue weighted by atomic mass is 10.1. The molecule has 0 aromatic heterocycles. The van der Waals surface area contributed by atoms with Crippen LogP contribution in [-0.2, 0) is 4.79 Å². The van der Waals surface area contributed by atoms with E-state index in [9.17, 15) is 9.59 Å². The van der Waals surface area contributed by atoms with Crippen LogP contribution in [0, 0.1) is 13.8 Å². The summed E-state index contributed by atoms with van der Waals surface area (Å²) in [6.45, 7) is 4.12. The first-order chi connectivity index (χ1) is 14.4. The van der Waals surface area contributed by atoms with Gasteiger partial charge in [0.25, 0.3) is 5.91 Å². The first-order valence-electron chi connectivity index (χ1n) is 9.60. The number of nitrogens with one attached hydrogen (secondary N) is 1. The highest BCUT2D eigenvalue weighted by Crippen LogP contribution is 2.42. The highest BCUT2D eigenvalue weighted by atomic mass is 79.9. The molecule has 0 unspecified atom stereocenters. The molecule has 1 atom stereocenters. The van der Waals surface area contributed by atoms with Crippen molar-refractivity contribution >= 4 is 50.9 Å². The number of hydrogen-bond donors (Lipinski definition) is 1. The molecule has 4 rings (SSSR count). The molecule has 1 fully saturated rings. The number of hydrogen-bond acceptors (Lipinski definition) is 3. The van der Waals surface area contributed by atoms with Crippen LogP contribution in [-0.4, -0.2) is 17.6 Å². The van der Waals surface area contributed by atoms with E-state index in [1.807, 2.05) is 53.4 Å². The fourth-order valence-electron chi connectivity index (χ4n) is 3.43. The van der Waals surface area contributed by atoms with Gasteiger partial charge in [-0.3, -0.25) is 14.5 Å². The van der Waals surface area contributed by atoms with E-state index in [0.717, 1.165) is 21.3 Å². The first kappa shape index (κ1) is 20.7. The Kier molecular flexibility index (Phi) is 5.97. The fourth-order valence-corrected chi connectivity index (χ4v) is 4.99. The van der Waals surface area contributed by atoms with E-state index in [4.69, 9.17) is 0 Å². The van der Waals surface area contributed by atoms with Crippen LogP contribution in [0.4, 0.5) is 11.4 Å². The van der Waals surface area contributed by atoms with Crippen molar-refractivity contribution in [3.05, 3.63) is 93.5 Å². The molecule has 3 aromatic rings. The number of nitrogens with zero attached hydrogens (tertiary/aromatic N) is 1. The first-order valence-corrected chi connectivity index (χ1v) is 11.4. The lowest BCUT2D eigenvalue weighted by Crippen LogP contribution is -2.28. The van der Waals surface area contributed by atoms with Gasteiger partial charge in [0.15, 0.2) is 0 Å². The van der Waals surface area contributed by atoms with Crippen molar-refractivity contribution in [1.82, 2.24) is 0 Å². The molecular weight excluding hydrogens is 460 g/mol. The Morgan fingerprint density at radius 1 is 1.03 bits per heavy atom. The molecule has 1 aliphatic rings. The summed E-state index contributed by atoms with van der Waals surface area (Å²) in [5, 5.41) is 2.84. The van der Waals surface area contributed by atoms with E-state index < -0.39 is 0 Å². The van der Waals surface area contributed by atoms with Gasteiger partial charge in [-0.2, -0.15) is 0 Å². The van der Waals surface area contributed by atoms with E-state index >= 15 is 0 Å². The lowest BCUT2D eigenvalue weighted by molar-refractivity contribution is -0.115. The lowest BCUT2D eigenvalue weighted by Gasteiger charge is -2.25. The number of amides is 2. The minimum Gasteiger partial charge on any atom is -0.322 e. The van der Waals surface area contributed by atoms with Gasteiger partial charge in [0.2, 0.25) is 5.91 Å². The second kappa shape index (κ2) is 8.66. The molecule has 0 aliphatic carbocycles. The Labute approximate surface area is 188 Å². The summed E-state index contributed by atoms with van der Waals surface area (Å²) in [5.74, 6) is 0.359. The summed E-state index contributed by atoms with van der Waals surface area (Å²) < 4.78 is 0.855. The maximum Gasteiger partial charge on any atom is 0.255 e. The second-order valence-corrected chi connectivity index (χ2v) is 9.27. The Morgan fingerprint density at radius 3 is 2.60 bits per heavy atom. The predicted molar refractivity (Wildman–Crippen MR) is 127 cm³/mol. The van der Waals surface area contributed by atoms with E-state index in [0.29, 0.717) is 17.0 Å². The van der Waals surface area contributed by atoms with E-state index in [-0.39, 0.29) is 17.2 Å². The van der Waals surface area contributed by atoms with Crippen LogP contribution in [0.25, 0.3) is 0 Å². The second-order valence-electron chi connectivity index (χ2n) is 7.29. The van der Waals surface area contributed by atoms with E-state index in [1.165, 1.54) is 5.56 Å². The topological polar surface area (TPSA) is 49.4 Å². The minimum absolute atomic E-state index is 0.0943. The maximum atomic E-state index is 12.7. The van der Waals surface area contributed by atoms with Crippen LogP contribution < -0.4 is 10.2 Å². The summed E-state index contributed by atoms with van der Waals surface area (Å²) in [6.07, 6.45) is 0. The molecule has 0 radical (unpaired) electrons. The van der Waals surface area contributed by atoms with Crippen LogP contribution in [0.15, 0.2) is 71.2 Å². The Hall–Kier alpha value is -2.57. The molecule has 30 heavy (non-hydrogen) atoms. The van der Waals surface area contributed by atoms with Crippen molar-refractivity contribution in [2.24, 2.45) is 0 Å². The molecule has 4 nitrogen and oxygen atoms in total. The Morgan fingerprint density at radius 2 is 1.83 bits per heavy atom. The van der Waals surface area contributed by atoms with Gasteiger partial charge in [0.05, 0.1) is 5.75 Å². The van der Waals surface area contributed by atoms with Gasteiger partial charge < -0.3 is 5.32 Å². The molecule has 3 aromatic carbocycles. The van der Waals surface area contributed by atoms with Crippen LogP contribution >= 0.6 is 27.7 Å². The summed E-state index contributed by atoms with van der Waals surface area (Å²) in [6, 6.07) is 21.1. The third-order valence-electron chi connectivity index (χ3n) is 5.15. The molecule has 0 spiro atoms. The molecule has 0 saturated carbocycles. The van der Waals surface area contributed by atoms with Gasteiger partial charge in [-0.15, -0.1) is 11.8 Å². The quantitative estimate of drug-likeness (QED) is 0.490. The number of aryl methyl sites for hydroxylation is 2. The highest BCUT2D eigenvalue weighted by molar-refractivity contribution is 9.10. The summed E-state index contributed by atoms with van der Waals surface area (Å²) in [4.78, 5) is 27.1. The van der Waals surface area contributed by atoms with Gasteiger partial charge >= 0.3 is 0 Å². The van der Waals surface area contributed by atoms with Crippen molar-refractivity contribution in [1.29, 1.82) is 0 Å². The average molecular weight is 481 g/mol. The zero-order chi connectivity index (χ0) is 21.3. The minimum atomic E-state index is -0.172. The van der Waals surface area contributed by atoms with E-state index in [2.05, 4.69) is 41.2 Å². The summed E-state index contributed by atoms with van der Waals surface area (Å²) >= 11 is 5.00. The molecule has 0 bridgehead atoms. The zero-order valence-corrected chi connectivity index (χ0v) is 19.1. The summed E-state index contributed by atoms with van der Waals surface area (Å²) in [7, 11) is 0. The standard InChI is InChI=1S/C24H21BrN2O2S/c1-15-9-10-21(11-16(15)2)27-22(28)14-30-24(27)18-6-4-8-20(13-18)26-23(29)17-5-3-7-19(25)12-17/h3-13,24H,14H2,1-2H3,(H,26,29)/t24-/m0/s1. The molecule has 1 saturated heterocycles. The number of carbonyl (C=O) groups is 2. The van der Waals surface area contributed by atoms with Crippen LogP contribution in [0.5, 0.6) is 0 Å². The highest BCUT2D eigenvalue weighted by Gasteiger charge is 2.34. The van der Waals surface area contributed by atoms with Gasteiger partial charge in [-0.1, -0.05) is 40.2 Å². The van der Waals surface area contributed by atoms with Crippen molar-refractivity contribution in [3.8, 4) is 0 Å². The third kappa shape index (κ3) is 4.30. The number of rotatable bonds is 4. The van der Waals surface area contributed by atoms with Crippen molar-refractivity contribution < 1.29 is 9.59 Å². The maximum absolute atomic E-state index is 12.7. The molecule has 2 amide bonds. The van der Waals surface area contributed by atoms with E-state index in [1.54, 1.807) is 23.9 Å². The Balaban J connectivity index is 1.60. The van der Waals surface area contributed by atoms with Gasteiger partial charge in [-0.25, -0.2) is 0 Å². The smallest absolute Gasteiger partial charge is 0.255 e. The van der Waals surface area contributed by atoms with Gasteiger partial charge in [0.1, 0.15) is 5.37 Å². The van der Waals surface area contributed by atoms with Crippen LogP contribution in [0.3, 0.4) is 0 Å². The molecule has 152 valence electrons. The Bertz CT molecular complexity index is 1130. The van der Waals surface area contributed by atoms with Crippen molar-refractivity contribution in [2.75, 3.05) is 16.0 Å². The SMILES string of the molecule is Cc1ccc(N2C(=O)CS[C@H]2c2cccc(NC(=O)c3cccc(Br)c3)c2)cc1C. The number of benzene rings is 3. The molecule has 6 heteroatoms. The zero-order valence-electron chi connectivity index (χ0n) is 16.7. The van der Waals surface area contributed by atoms with Crippen molar-refractivity contribution in [3.63, 3.8) is 0 Å². The summed E-state index contributed by atoms with van der Waals surface area (Å²) in [5.41, 5.74) is 5.53. The van der Waals surface area contributed by atoms with Gasteiger partial charge in [0, 0.05) is 21.4 Å². The molecule has 1 heterocycles. The number of thioether (sulfide) groups is 1. The number of anilines is 2. The van der Waals surface area contributed by atoms with Crippen LogP contribution in [0.1, 0.15) is 32.4 Å². The monoisotopic (exact) mass is 480 g/mol. The fraction of sp³-hybridized carbons (Fsp3) is 0.167. The van der Waals surface area contributed by atoms with Crippen molar-refractivity contribution in [2.45, 2.75) is 19.2 Å². The predicted octanol–water partition coefficient (Wildman–Crippen LogP) is 6.10.